The topological polar surface area (TPSA) is 49.4 Å². The number of nitrogens with one attached hydrogen (secondary N) is 1. The number of amides is 2. The highest BCUT2D eigenvalue weighted by atomic mass is 16.2. The summed E-state index contributed by atoms with van der Waals surface area (Å²) in [6.45, 7) is 6.51. The molecular formula is C16H22N2O2. The Balaban J connectivity index is 1.86. The summed E-state index contributed by atoms with van der Waals surface area (Å²) in [5, 5.41) is 3.20. The lowest BCUT2D eigenvalue weighted by atomic mass is 10.1. The van der Waals surface area contributed by atoms with Crippen molar-refractivity contribution >= 4 is 11.8 Å². The smallest absolute Gasteiger partial charge is 0.247 e. The molecule has 0 aliphatic carbocycles. The van der Waals surface area contributed by atoms with Crippen molar-refractivity contribution in [2.45, 2.75) is 45.7 Å². The molecule has 0 bridgehead atoms. The molecule has 20 heavy (non-hydrogen) atoms. The van der Waals surface area contributed by atoms with Gasteiger partial charge in [0.1, 0.15) is 0 Å². The predicted octanol–water partition coefficient (Wildman–Crippen LogP) is 1.66. The third kappa shape index (κ3) is 3.25. The van der Waals surface area contributed by atoms with Gasteiger partial charge in [0.15, 0.2) is 0 Å². The van der Waals surface area contributed by atoms with E-state index < -0.39 is 0 Å². The van der Waals surface area contributed by atoms with Crippen LogP contribution in [-0.2, 0) is 16.0 Å². The lowest BCUT2D eigenvalue weighted by Crippen LogP contribution is -2.42. The highest BCUT2D eigenvalue weighted by molar-refractivity contribution is 6.05. The molecule has 0 aromatic heterocycles. The molecule has 108 valence electrons. The van der Waals surface area contributed by atoms with E-state index in [0.717, 1.165) is 6.42 Å². The van der Waals surface area contributed by atoms with Crippen LogP contribution in [0.2, 0.25) is 0 Å². The van der Waals surface area contributed by atoms with Gasteiger partial charge in [-0.05, 0) is 39.3 Å². The van der Waals surface area contributed by atoms with Crippen LogP contribution in [0.25, 0.3) is 0 Å². The fraction of sp³-hybridized carbons (Fsp3) is 0.500. The monoisotopic (exact) mass is 274 g/mol. The molecule has 1 aliphatic heterocycles. The maximum absolute atomic E-state index is 12.1. The van der Waals surface area contributed by atoms with E-state index >= 15 is 0 Å². The van der Waals surface area contributed by atoms with Crippen molar-refractivity contribution in [3.05, 3.63) is 35.4 Å². The Morgan fingerprint density at radius 1 is 1.35 bits per heavy atom. The Morgan fingerprint density at radius 2 is 2.10 bits per heavy atom. The van der Waals surface area contributed by atoms with Crippen LogP contribution in [0.4, 0.5) is 0 Å². The minimum atomic E-state index is -0.352. The van der Waals surface area contributed by atoms with E-state index in [0.29, 0.717) is 6.54 Å². The summed E-state index contributed by atoms with van der Waals surface area (Å²) in [7, 11) is 0. The number of carbonyl (C=O) groups is 2. The minimum Gasteiger partial charge on any atom is -0.305 e. The lowest BCUT2D eigenvalue weighted by molar-refractivity contribution is -0.140. The van der Waals surface area contributed by atoms with Gasteiger partial charge in [-0.2, -0.15) is 0 Å². The molecule has 4 heteroatoms. The molecule has 2 amide bonds. The van der Waals surface area contributed by atoms with Gasteiger partial charge in [0.2, 0.25) is 11.8 Å². The predicted molar refractivity (Wildman–Crippen MR) is 78.3 cm³/mol. The first-order valence-corrected chi connectivity index (χ1v) is 7.14. The zero-order valence-electron chi connectivity index (χ0n) is 12.3. The maximum Gasteiger partial charge on any atom is 0.247 e. The van der Waals surface area contributed by atoms with Crippen molar-refractivity contribution in [3.8, 4) is 0 Å². The first-order chi connectivity index (χ1) is 9.49. The number of nitrogens with zero attached hydrogens (tertiary/aromatic N) is 1. The average Bonchev–Trinajstić information content (AvgIpc) is 2.64. The highest BCUT2D eigenvalue weighted by Crippen LogP contribution is 2.16. The molecule has 1 saturated heterocycles. The van der Waals surface area contributed by atoms with Crippen LogP contribution in [0.15, 0.2) is 24.3 Å². The van der Waals surface area contributed by atoms with Gasteiger partial charge in [0.25, 0.3) is 0 Å². The number of imide groups is 1. The van der Waals surface area contributed by atoms with Gasteiger partial charge in [0, 0.05) is 6.04 Å². The molecule has 1 aromatic carbocycles. The first-order valence-electron chi connectivity index (χ1n) is 7.14. The van der Waals surface area contributed by atoms with Gasteiger partial charge in [-0.15, -0.1) is 0 Å². The van der Waals surface area contributed by atoms with Crippen molar-refractivity contribution in [1.29, 1.82) is 0 Å². The summed E-state index contributed by atoms with van der Waals surface area (Å²) < 4.78 is 0. The minimum absolute atomic E-state index is 0.0569. The Labute approximate surface area is 120 Å². The highest BCUT2D eigenvalue weighted by Gasteiger charge is 2.39. The normalized spacial score (nSPS) is 19.2. The molecule has 1 fully saturated rings. The lowest BCUT2D eigenvalue weighted by Gasteiger charge is -2.19. The maximum atomic E-state index is 12.1. The van der Waals surface area contributed by atoms with Crippen LogP contribution in [0.1, 0.15) is 31.4 Å². The van der Waals surface area contributed by atoms with Gasteiger partial charge in [0.05, 0.1) is 12.5 Å². The van der Waals surface area contributed by atoms with Crippen LogP contribution in [0.5, 0.6) is 0 Å². The third-order valence-corrected chi connectivity index (χ3v) is 3.59. The fourth-order valence-electron chi connectivity index (χ4n) is 2.61. The molecule has 1 aromatic rings. The molecule has 1 unspecified atom stereocenters. The number of benzene rings is 1. The van der Waals surface area contributed by atoms with E-state index in [1.54, 1.807) is 0 Å². The largest absolute Gasteiger partial charge is 0.305 e. The summed E-state index contributed by atoms with van der Waals surface area (Å²) >= 11 is 0. The van der Waals surface area contributed by atoms with Crippen molar-refractivity contribution in [1.82, 2.24) is 10.2 Å². The Kier molecular flexibility index (Phi) is 4.55. The molecule has 1 aliphatic rings. The van der Waals surface area contributed by atoms with Gasteiger partial charge >= 0.3 is 0 Å². The summed E-state index contributed by atoms with van der Waals surface area (Å²) in [6.07, 6.45) is 1.14. The zero-order chi connectivity index (χ0) is 14.7. The zero-order valence-corrected chi connectivity index (χ0v) is 12.3. The average molecular weight is 274 g/mol. The van der Waals surface area contributed by atoms with Crippen LogP contribution >= 0.6 is 0 Å². The first kappa shape index (κ1) is 14.7. The van der Waals surface area contributed by atoms with E-state index in [2.05, 4.69) is 30.4 Å². The molecule has 0 spiro atoms. The third-order valence-electron chi connectivity index (χ3n) is 3.59. The standard InChI is InChI=1S/C16H22N2O2/c1-11(2)18-15(19)10-14(16(18)20)17-8-7-13-6-4-5-12(3)9-13/h4-6,9,11,14,17H,7-8,10H2,1-3H3. The molecule has 0 radical (unpaired) electrons. The second-order valence-corrected chi connectivity index (χ2v) is 5.65. The van der Waals surface area contributed by atoms with E-state index in [1.165, 1.54) is 16.0 Å². The van der Waals surface area contributed by atoms with Gasteiger partial charge < -0.3 is 5.32 Å². The Bertz CT molecular complexity index is 511. The van der Waals surface area contributed by atoms with E-state index in [4.69, 9.17) is 0 Å². The number of carbonyl (C=O) groups excluding carboxylic acids is 2. The molecular weight excluding hydrogens is 252 g/mol. The van der Waals surface area contributed by atoms with Crippen molar-refractivity contribution in [2.24, 2.45) is 0 Å². The quantitative estimate of drug-likeness (QED) is 0.831. The van der Waals surface area contributed by atoms with Gasteiger partial charge in [-0.25, -0.2) is 0 Å². The number of aryl methyl sites for hydroxylation is 1. The molecule has 1 heterocycles. The molecule has 2 rings (SSSR count). The summed E-state index contributed by atoms with van der Waals surface area (Å²) in [5.41, 5.74) is 2.48. The molecule has 1 atom stereocenters. The Hall–Kier alpha value is -1.68. The summed E-state index contributed by atoms with van der Waals surface area (Å²) in [5.74, 6) is -0.160. The second-order valence-electron chi connectivity index (χ2n) is 5.65. The fourth-order valence-corrected chi connectivity index (χ4v) is 2.61. The van der Waals surface area contributed by atoms with E-state index in [-0.39, 0.29) is 30.3 Å². The van der Waals surface area contributed by atoms with E-state index in [1.807, 2.05) is 19.9 Å². The van der Waals surface area contributed by atoms with Crippen LogP contribution in [0.3, 0.4) is 0 Å². The van der Waals surface area contributed by atoms with Crippen molar-refractivity contribution in [2.75, 3.05) is 6.54 Å². The molecule has 1 N–H and O–H groups in total. The molecule has 0 saturated carbocycles. The summed E-state index contributed by atoms with van der Waals surface area (Å²) in [4.78, 5) is 25.2. The number of hydrogen-bond acceptors (Lipinski definition) is 3. The van der Waals surface area contributed by atoms with Crippen molar-refractivity contribution in [3.63, 3.8) is 0 Å². The molecule has 4 nitrogen and oxygen atoms in total. The number of rotatable bonds is 5. The van der Waals surface area contributed by atoms with Crippen LogP contribution < -0.4 is 5.32 Å². The Morgan fingerprint density at radius 3 is 2.70 bits per heavy atom. The van der Waals surface area contributed by atoms with Crippen LogP contribution in [0, 0.1) is 6.92 Å². The van der Waals surface area contributed by atoms with Crippen LogP contribution in [-0.4, -0.2) is 35.3 Å². The van der Waals surface area contributed by atoms with Crippen molar-refractivity contribution < 1.29 is 9.59 Å². The SMILES string of the molecule is Cc1cccc(CCNC2CC(=O)N(C(C)C)C2=O)c1. The second kappa shape index (κ2) is 6.18. The van der Waals surface area contributed by atoms with Gasteiger partial charge in [-0.1, -0.05) is 29.8 Å². The summed E-state index contributed by atoms with van der Waals surface area (Å²) in [6, 6.07) is 7.92. The number of likely N-dealkylation sites (tertiary alicyclic amines) is 1. The van der Waals surface area contributed by atoms with Gasteiger partial charge in [-0.3, -0.25) is 14.5 Å². The van der Waals surface area contributed by atoms with E-state index in [9.17, 15) is 9.59 Å². The number of hydrogen-bond donors (Lipinski definition) is 1.